The number of carbonyl (C=O) groups is 1. The SMILES string of the molecule is COc1cc([N+](=O)[O-])ccc1NC(=O)[C@H](C)[NH+]1CCN(c2cccc[nH+]2)CC1. The van der Waals surface area contributed by atoms with Crippen molar-refractivity contribution in [3.63, 3.8) is 0 Å². The molecule has 1 aliphatic rings. The molecule has 1 aromatic heterocycles. The summed E-state index contributed by atoms with van der Waals surface area (Å²) in [6, 6.07) is 9.90. The normalized spacial score (nSPS) is 15.7. The lowest BCUT2D eigenvalue weighted by Crippen LogP contribution is -3.19. The zero-order valence-corrected chi connectivity index (χ0v) is 16.0. The van der Waals surface area contributed by atoms with Gasteiger partial charge in [-0.15, -0.1) is 0 Å². The van der Waals surface area contributed by atoms with Crippen LogP contribution in [0.3, 0.4) is 0 Å². The third-order valence-electron chi connectivity index (χ3n) is 5.10. The van der Waals surface area contributed by atoms with Crippen molar-refractivity contribution in [1.29, 1.82) is 0 Å². The second kappa shape index (κ2) is 8.66. The fourth-order valence-corrected chi connectivity index (χ4v) is 3.37. The molecule has 0 saturated carbocycles. The van der Waals surface area contributed by atoms with Crippen molar-refractivity contribution in [1.82, 2.24) is 0 Å². The lowest BCUT2D eigenvalue weighted by molar-refractivity contribution is -0.914. The molecule has 0 aliphatic carbocycles. The third-order valence-corrected chi connectivity index (χ3v) is 5.10. The molecular formula is C19H25N5O4+2. The maximum absolute atomic E-state index is 12.7. The Morgan fingerprint density at radius 3 is 2.68 bits per heavy atom. The van der Waals surface area contributed by atoms with Crippen molar-refractivity contribution < 1.29 is 24.3 Å². The van der Waals surface area contributed by atoms with Crippen molar-refractivity contribution in [3.05, 3.63) is 52.7 Å². The van der Waals surface area contributed by atoms with Crippen LogP contribution in [0.4, 0.5) is 17.2 Å². The van der Waals surface area contributed by atoms with Gasteiger partial charge in [0.1, 0.15) is 31.9 Å². The van der Waals surface area contributed by atoms with E-state index in [-0.39, 0.29) is 23.4 Å². The number of anilines is 2. The summed E-state index contributed by atoms with van der Waals surface area (Å²) in [4.78, 5) is 29.8. The Morgan fingerprint density at radius 1 is 1.32 bits per heavy atom. The number of methoxy groups -OCH3 is 1. The Bertz CT molecular complexity index is 837. The highest BCUT2D eigenvalue weighted by Crippen LogP contribution is 2.28. The van der Waals surface area contributed by atoms with Crippen molar-refractivity contribution in [2.24, 2.45) is 0 Å². The first-order chi connectivity index (χ1) is 13.5. The summed E-state index contributed by atoms with van der Waals surface area (Å²) in [5, 5.41) is 13.7. The maximum Gasteiger partial charge on any atom is 0.282 e. The lowest BCUT2D eigenvalue weighted by atomic mass is 10.2. The second-order valence-electron chi connectivity index (χ2n) is 6.75. The van der Waals surface area contributed by atoms with E-state index in [4.69, 9.17) is 4.74 Å². The number of ether oxygens (including phenoxy) is 1. The van der Waals surface area contributed by atoms with E-state index in [1.54, 1.807) is 0 Å². The number of benzene rings is 1. The largest absolute Gasteiger partial charge is 0.494 e. The summed E-state index contributed by atoms with van der Waals surface area (Å²) in [5.41, 5.74) is 0.351. The Hall–Kier alpha value is -3.20. The number of nitrogens with one attached hydrogen (secondary N) is 3. The summed E-state index contributed by atoms with van der Waals surface area (Å²) >= 11 is 0. The average Bonchev–Trinajstić information content (AvgIpc) is 2.74. The fraction of sp³-hybridized carbons (Fsp3) is 0.368. The number of nitro benzene ring substituents is 1. The van der Waals surface area contributed by atoms with Crippen LogP contribution in [0.1, 0.15) is 6.92 Å². The van der Waals surface area contributed by atoms with E-state index >= 15 is 0 Å². The smallest absolute Gasteiger partial charge is 0.282 e. The van der Waals surface area contributed by atoms with Crippen LogP contribution in [0.15, 0.2) is 42.6 Å². The molecule has 9 heteroatoms. The molecule has 0 unspecified atom stereocenters. The number of pyridine rings is 1. The van der Waals surface area contributed by atoms with E-state index < -0.39 is 4.92 Å². The van der Waals surface area contributed by atoms with Gasteiger partial charge in [-0.05, 0) is 19.1 Å². The topological polar surface area (TPSA) is 103 Å². The van der Waals surface area contributed by atoms with Gasteiger partial charge in [-0.25, -0.2) is 4.98 Å². The number of nitro groups is 1. The summed E-state index contributed by atoms with van der Waals surface area (Å²) < 4.78 is 5.19. The van der Waals surface area contributed by atoms with Crippen LogP contribution in [-0.2, 0) is 4.79 Å². The highest BCUT2D eigenvalue weighted by molar-refractivity contribution is 5.95. The molecule has 2 heterocycles. The highest BCUT2D eigenvalue weighted by Gasteiger charge is 2.32. The molecule has 2 aromatic rings. The Labute approximate surface area is 163 Å². The average molecular weight is 387 g/mol. The number of amides is 1. The second-order valence-corrected chi connectivity index (χ2v) is 6.75. The molecule has 28 heavy (non-hydrogen) atoms. The zero-order chi connectivity index (χ0) is 20.1. The number of carbonyl (C=O) groups excluding carboxylic acids is 1. The predicted octanol–water partition coefficient (Wildman–Crippen LogP) is 0.150. The number of rotatable bonds is 6. The van der Waals surface area contributed by atoms with E-state index in [0.717, 1.165) is 32.0 Å². The number of hydrogen-bond donors (Lipinski definition) is 2. The molecule has 1 atom stereocenters. The van der Waals surface area contributed by atoms with E-state index in [1.165, 1.54) is 30.2 Å². The molecule has 0 spiro atoms. The van der Waals surface area contributed by atoms with Crippen LogP contribution >= 0.6 is 0 Å². The fourth-order valence-electron chi connectivity index (χ4n) is 3.37. The van der Waals surface area contributed by atoms with Gasteiger partial charge in [0.15, 0.2) is 6.04 Å². The van der Waals surface area contributed by atoms with Crippen LogP contribution in [-0.4, -0.2) is 50.2 Å². The zero-order valence-electron chi connectivity index (χ0n) is 16.0. The number of H-pyrrole nitrogens is 1. The number of quaternary nitrogens is 1. The molecule has 0 radical (unpaired) electrons. The highest BCUT2D eigenvalue weighted by atomic mass is 16.6. The summed E-state index contributed by atoms with van der Waals surface area (Å²) in [5.74, 6) is 1.21. The van der Waals surface area contributed by atoms with E-state index in [2.05, 4.69) is 15.2 Å². The lowest BCUT2D eigenvalue weighted by Gasteiger charge is -2.31. The molecule has 3 rings (SSSR count). The van der Waals surface area contributed by atoms with Gasteiger partial charge in [0.05, 0.1) is 30.0 Å². The van der Waals surface area contributed by atoms with Gasteiger partial charge in [0, 0.05) is 12.1 Å². The Kier molecular flexibility index (Phi) is 6.05. The number of aromatic nitrogens is 1. The van der Waals surface area contributed by atoms with Gasteiger partial charge in [-0.1, -0.05) is 6.07 Å². The quantitative estimate of drug-likeness (QED) is 0.543. The summed E-state index contributed by atoms with van der Waals surface area (Å²) in [6.07, 6.45) is 1.90. The van der Waals surface area contributed by atoms with Crippen LogP contribution in [0.25, 0.3) is 0 Å². The van der Waals surface area contributed by atoms with Crippen LogP contribution in [0.5, 0.6) is 5.75 Å². The van der Waals surface area contributed by atoms with E-state index in [9.17, 15) is 14.9 Å². The molecule has 0 bridgehead atoms. The van der Waals surface area contributed by atoms with Gasteiger partial charge < -0.3 is 15.0 Å². The monoisotopic (exact) mass is 387 g/mol. The first-order valence-corrected chi connectivity index (χ1v) is 9.19. The predicted molar refractivity (Wildman–Crippen MR) is 104 cm³/mol. The number of piperazine rings is 1. The standard InChI is InChI=1S/C19H23N5O4/c1-14(22-9-11-23(12-10-22)18-5-3-4-8-20-18)19(25)21-16-7-6-15(24(26)27)13-17(16)28-2/h3-8,13-14H,9-12H2,1-2H3,(H,21,25)/p+2/t14-/m0/s1. The molecular weight excluding hydrogens is 362 g/mol. The minimum absolute atomic E-state index is 0.0811. The maximum atomic E-state index is 12.7. The molecule has 1 saturated heterocycles. The van der Waals surface area contributed by atoms with Crippen molar-refractivity contribution in [2.45, 2.75) is 13.0 Å². The number of non-ortho nitro benzene ring substituents is 1. The molecule has 1 aliphatic heterocycles. The van der Waals surface area contributed by atoms with Crippen molar-refractivity contribution >= 4 is 23.1 Å². The minimum Gasteiger partial charge on any atom is -0.494 e. The minimum atomic E-state index is -0.495. The first-order valence-electron chi connectivity index (χ1n) is 9.19. The van der Waals surface area contributed by atoms with Gasteiger partial charge in [0.25, 0.3) is 17.4 Å². The Balaban J connectivity index is 1.60. The Morgan fingerprint density at radius 2 is 2.07 bits per heavy atom. The number of hydrogen-bond acceptors (Lipinski definition) is 5. The van der Waals surface area contributed by atoms with E-state index in [0.29, 0.717) is 5.69 Å². The van der Waals surface area contributed by atoms with Gasteiger partial charge >= 0.3 is 0 Å². The molecule has 3 N–H and O–H groups in total. The van der Waals surface area contributed by atoms with Gasteiger partial charge in [-0.2, -0.15) is 0 Å². The molecule has 1 fully saturated rings. The molecule has 9 nitrogen and oxygen atoms in total. The molecule has 148 valence electrons. The van der Waals surface area contributed by atoms with E-state index in [1.807, 2.05) is 31.3 Å². The van der Waals surface area contributed by atoms with Gasteiger partial charge in [-0.3, -0.25) is 19.8 Å². The molecule has 1 amide bonds. The van der Waals surface area contributed by atoms with Crippen molar-refractivity contribution in [3.8, 4) is 5.75 Å². The van der Waals surface area contributed by atoms with Crippen LogP contribution < -0.4 is 24.8 Å². The third kappa shape index (κ3) is 4.37. The number of aromatic amines is 1. The molecule has 1 aromatic carbocycles. The first kappa shape index (κ1) is 19.6. The van der Waals surface area contributed by atoms with Gasteiger partial charge in [0.2, 0.25) is 0 Å². The summed E-state index contributed by atoms with van der Waals surface area (Å²) in [7, 11) is 1.42. The van der Waals surface area contributed by atoms with Crippen LogP contribution in [0, 0.1) is 10.1 Å². The summed E-state index contributed by atoms with van der Waals surface area (Å²) in [6.45, 7) is 5.29. The van der Waals surface area contributed by atoms with Crippen molar-refractivity contribution in [2.75, 3.05) is 43.5 Å². The van der Waals surface area contributed by atoms with Crippen LogP contribution in [0.2, 0.25) is 0 Å². The number of nitrogens with zero attached hydrogens (tertiary/aromatic N) is 2.